The third-order valence-electron chi connectivity index (χ3n) is 3.52. The number of carbonyl (C=O) groups is 1. The maximum atomic E-state index is 12.3. The summed E-state index contributed by atoms with van der Waals surface area (Å²) in [5.41, 5.74) is 2.87. The average Bonchev–Trinajstić information content (AvgIpc) is 2.90. The third kappa shape index (κ3) is 2.48. The second-order valence-electron chi connectivity index (χ2n) is 4.71. The monoisotopic (exact) mass is 248 g/mol. The van der Waals surface area contributed by atoms with Gasteiger partial charge in [-0.25, -0.2) is 0 Å². The van der Waals surface area contributed by atoms with Crippen molar-refractivity contribution >= 4 is 11.6 Å². The first kappa shape index (κ1) is 12.9. The summed E-state index contributed by atoms with van der Waals surface area (Å²) in [6, 6.07) is 5.96. The van der Waals surface area contributed by atoms with Gasteiger partial charge in [-0.3, -0.25) is 4.79 Å². The van der Waals surface area contributed by atoms with Crippen LogP contribution in [0.3, 0.4) is 0 Å². The molecule has 1 atom stereocenters. The lowest BCUT2D eigenvalue weighted by Crippen LogP contribution is -2.37. The molecule has 1 fully saturated rings. The molecule has 0 aliphatic carbocycles. The Bertz CT molecular complexity index is 439. The number of amides is 1. The standard InChI is InChI=1S/C14H20N2O2/c1-10-8-11(4-5-13(10)15-2)14(17)16(3)12-6-7-18-9-12/h4-5,8,12,15H,6-7,9H2,1-3H3. The number of likely N-dealkylation sites (N-methyl/N-ethyl adjacent to an activating group) is 1. The van der Waals surface area contributed by atoms with E-state index in [-0.39, 0.29) is 11.9 Å². The first-order valence-corrected chi connectivity index (χ1v) is 6.27. The van der Waals surface area contributed by atoms with Crippen molar-refractivity contribution in [3.8, 4) is 0 Å². The van der Waals surface area contributed by atoms with Crippen molar-refractivity contribution in [2.24, 2.45) is 0 Å². The Labute approximate surface area is 108 Å². The summed E-state index contributed by atoms with van der Waals surface area (Å²) in [4.78, 5) is 14.1. The molecule has 0 aromatic heterocycles. The minimum absolute atomic E-state index is 0.0660. The molecule has 4 nitrogen and oxygen atoms in total. The molecular formula is C14H20N2O2. The van der Waals surface area contributed by atoms with Gasteiger partial charge in [-0.1, -0.05) is 0 Å². The zero-order valence-corrected chi connectivity index (χ0v) is 11.2. The van der Waals surface area contributed by atoms with E-state index in [0.29, 0.717) is 6.61 Å². The highest BCUT2D eigenvalue weighted by atomic mass is 16.5. The van der Waals surface area contributed by atoms with Crippen LogP contribution in [0.5, 0.6) is 0 Å². The molecule has 1 aliphatic rings. The Morgan fingerprint density at radius 1 is 1.50 bits per heavy atom. The largest absolute Gasteiger partial charge is 0.388 e. The fraction of sp³-hybridized carbons (Fsp3) is 0.500. The van der Waals surface area contributed by atoms with Gasteiger partial charge in [0.05, 0.1) is 12.6 Å². The van der Waals surface area contributed by atoms with Crippen molar-refractivity contribution in [3.63, 3.8) is 0 Å². The number of nitrogens with zero attached hydrogens (tertiary/aromatic N) is 1. The minimum Gasteiger partial charge on any atom is -0.388 e. The summed E-state index contributed by atoms with van der Waals surface area (Å²) in [5, 5.41) is 3.10. The lowest BCUT2D eigenvalue weighted by Gasteiger charge is -2.23. The molecule has 0 saturated carbocycles. The zero-order chi connectivity index (χ0) is 13.1. The van der Waals surface area contributed by atoms with E-state index in [9.17, 15) is 4.79 Å². The molecular weight excluding hydrogens is 228 g/mol. The van der Waals surface area contributed by atoms with Gasteiger partial charge in [0.2, 0.25) is 0 Å². The fourth-order valence-electron chi connectivity index (χ4n) is 2.27. The number of nitrogens with one attached hydrogen (secondary N) is 1. The van der Waals surface area contributed by atoms with Crippen LogP contribution in [0, 0.1) is 6.92 Å². The van der Waals surface area contributed by atoms with E-state index in [1.54, 1.807) is 4.90 Å². The molecule has 1 aromatic carbocycles. The van der Waals surface area contributed by atoms with Crippen LogP contribution in [0.1, 0.15) is 22.3 Å². The summed E-state index contributed by atoms with van der Waals surface area (Å²) >= 11 is 0. The number of carbonyl (C=O) groups excluding carboxylic acids is 1. The van der Waals surface area contributed by atoms with Crippen molar-refractivity contribution in [3.05, 3.63) is 29.3 Å². The predicted octanol–water partition coefficient (Wildman–Crippen LogP) is 1.90. The van der Waals surface area contributed by atoms with E-state index in [0.717, 1.165) is 29.8 Å². The molecule has 2 rings (SSSR count). The number of hydrogen-bond acceptors (Lipinski definition) is 3. The fourth-order valence-corrected chi connectivity index (χ4v) is 2.27. The molecule has 98 valence electrons. The van der Waals surface area contributed by atoms with E-state index < -0.39 is 0 Å². The molecule has 1 unspecified atom stereocenters. The lowest BCUT2D eigenvalue weighted by molar-refractivity contribution is 0.0711. The Hall–Kier alpha value is -1.55. The van der Waals surface area contributed by atoms with Gasteiger partial charge in [0.15, 0.2) is 0 Å². The third-order valence-corrected chi connectivity index (χ3v) is 3.52. The Morgan fingerprint density at radius 2 is 2.28 bits per heavy atom. The second kappa shape index (κ2) is 5.40. The minimum atomic E-state index is 0.0660. The highest BCUT2D eigenvalue weighted by molar-refractivity contribution is 5.95. The lowest BCUT2D eigenvalue weighted by atomic mass is 10.1. The molecule has 1 heterocycles. The van der Waals surface area contributed by atoms with Gasteiger partial charge in [0.1, 0.15) is 0 Å². The van der Waals surface area contributed by atoms with E-state index in [2.05, 4.69) is 5.32 Å². The van der Waals surface area contributed by atoms with Crippen molar-refractivity contribution in [2.45, 2.75) is 19.4 Å². The molecule has 4 heteroatoms. The number of aryl methyl sites for hydroxylation is 1. The summed E-state index contributed by atoms with van der Waals surface area (Å²) in [7, 11) is 3.73. The van der Waals surface area contributed by atoms with Gasteiger partial charge in [0, 0.05) is 32.0 Å². The summed E-state index contributed by atoms with van der Waals surface area (Å²) in [5.74, 6) is 0.0660. The maximum absolute atomic E-state index is 12.3. The molecule has 0 spiro atoms. The van der Waals surface area contributed by atoms with Crippen molar-refractivity contribution in [1.29, 1.82) is 0 Å². The highest BCUT2D eigenvalue weighted by Gasteiger charge is 2.24. The van der Waals surface area contributed by atoms with Crippen LogP contribution in [0.4, 0.5) is 5.69 Å². The normalized spacial score (nSPS) is 18.7. The smallest absolute Gasteiger partial charge is 0.253 e. The predicted molar refractivity (Wildman–Crippen MR) is 72.0 cm³/mol. The van der Waals surface area contributed by atoms with Gasteiger partial charge >= 0.3 is 0 Å². The molecule has 1 N–H and O–H groups in total. The van der Waals surface area contributed by atoms with Crippen LogP contribution in [-0.2, 0) is 4.74 Å². The molecule has 0 radical (unpaired) electrons. The van der Waals surface area contributed by atoms with E-state index >= 15 is 0 Å². The summed E-state index contributed by atoms with van der Waals surface area (Å²) < 4.78 is 5.32. The number of hydrogen-bond donors (Lipinski definition) is 1. The summed E-state index contributed by atoms with van der Waals surface area (Å²) in [6.45, 7) is 3.40. The quantitative estimate of drug-likeness (QED) is 0.888. The van der Waals surface area contributed by atoms with Gasteiger partial charge in [-0.2, -0.15) is 0 Å². The van der Waals surface area contributed by atoms with Crippen LogP contribution in [0.2, 0.25) is 0 Å². The Balaban J connectivity index is 2.15. The first-order chi connectivity index (χ1) is 8.63. The van der Waals surface area contributed by atoms with E-state index in [1.165, 1.54) is 0 Å². The van der Waals surface area contributed by atoms with E-state index in [1.807, 2.05) is 39.2 Å². The average molecular weight is 248 g/mol. The first-order valence-electron chi connectivity index (χ1n) is 6.27. The maximum Gasteiger partial charge on any atom is 0.253 e. The summed E-state index contributed by atoms with van der Waals surface area (Å²) in [6.07, 6.45) is 0.926. The topological polar surface area (TPSA) is 41.6 Å². The number of benzene rings is 1. The van der Waals surface area contributed by atoms with Crippen LogP contribution < -0.4 is 5.32 Å². The molecule has 1 aliphatic heterocycles. The van der Waals surface area contributed by atoms with Crippen LogP contribution in [0.25, 0.3) is 0 Å². The second-order valence-corrected chi connectivity index (χ2v) is 4.71. The number of anilines is 1. The molecule has 18 heavy (non-hydrogen) atoms. The molecule has 1 amide bonds. The molecule has 1 aromatic rings. The number of rotatable bonds is 3. The molecule has 1 saturated heterocycles. The van der Waals surface area contributed by atoms with Gasteiger partial charge in [0.25, 0.3) is 5.91 Å². The zero-order valence-electron chi connectivity index (χ0n) is 11.2. The van der Waals surface area contributed by atoms with Gasteiger partial charge in [-0.05, 0) is 37.1 Å². The van der Waals surface area contributed by atoms with Gasteiger partial charge in [-0.15, -0.1) is 0 Å². The van der Waals surface area contributed by atoms with Crippen LogP contribution in [0.15, 0.2) is 18.2 Å². The Morgan fingerprint density at radius 3 is 2.83 bits per heavy atom. The highest BCUT2D eigenvalue weighted by Crippen LogP contribution is 2.19. The van der Waals surface area contributed by atoms with Gasteiger partial charge < -0.3 is 15.0 Å². The van der Waals surface area contributed by atoms with Crippen molar-refractivity contribution < 1.29 is 9.53 Å². The number of ether oxygens (including phenoxy) is 1. The van der Waals surface area contributed by atoms with Crippen molar-refractivity contribution in [2.75, 3.05) is 32.6 Å². The van der Waals surface area contributed by atoms with Crippen LogP contribution >= 0.6 is 0 Å². The van der Waals surface area contributed by atoms with Crippen LogP contribution in [-0.4, -0.2) is 44.2 Å². The molecule has 0 bridgehead atoms. The van der Waals surface area contributed by atoms with Crippen molar-refractivity contribution in [1.82, 2.24) is 4.90 Å². The Kier molecular flexibility index (Phi) is 3.87. The SMILES string of the molecule is CNc1ccc(C(=O)N(C)C2CCOC2)cc1C. The van der Waals surface area contributed by atoms with E-state index in [4.69, 9.17) is 4.74 Å².